The largest absolute Gasteiger partial charge is 0.370 e. The molecule has 1 aliphatic rings. The van der Waals surface area contributed by atoms with Gasteiger partial charge in [-0.25, -0.2) is 13.6 Å². The Balaban J connectivity index is 1.84. The van der Waals surface area contributed by atoms with Crippen LogP contribution in [0.2, 0.25) is 0 Å². The second kappa shape index (κ2) is 8.50. The van der Waals surface area contributed by atoms with Crippen molar-refractivity contribution in [3.63, 3.8) is 0 Å². The number of primary amides is 1. The van der Waals surface area contributed by atoms with Crippen LogP contribution in [0.25, 0.3) is 0 Å². The van der Waals surface area contributed by atoms with E-state index >= 15 is 0 Å². The minimum Gasteiger partial charge on any atom is -0.370 e. The molecule has 1 fully saturated rings. The number of hydrogen-bond acceptors (Lipinski definition) is 4. The van der Waals surface area contributed by atoms with Crippen LogP contribution in [-0.2, 0) is 19.9 Å². The SMILES string of the molecule is CC1(c2ccc(F)c(F)c2)NC(=O)N(CC(=O)N(CCC(N)=O)c2ccccc2)C1=O. The molecule has 31 heavy (non-hydrogen) atoms. The molecule has 0 spiro atoms. The highest BCUT2D eigenvalue weighted by Gasteiger charge is 2.50. The molecule has 0 aliphatic carbocycles. The molecular weight excluding hydrogens is 410 g/mol. The monoisotopic (exact) mass is 430 g/mol. The van der Waals surface area contributed by atoms with Gasteiger partial charge in [-0.05, 0) is 36.8 Å². The number of hydrogen-bond donors (Lipinski definition) is 2. The summed E-state index contributed by atoms with van der Waals surface area (Å²) in [6, 6.07) is 10.4. The molecule has 0 saturated carbocycles. The Labute approximate surface area is 176 Å². The molecule has 0 aromatic heterocycles. The van der Waals surface area contributed by atoms with E-state index in [0.29, 0.717) is 10.6 Å². The summed E-state index contributed by atoms with van der Waals surface area (Å²) in [6.45, 7) is 0.687. The number of halogens is 2. The minimum absolute atomic E-state index is 0.0355. The van der Waals surface area contributed by atoms with Crippen LogP contribution in [0.3, 0.4) is 0 Å². The van der Waals surface area contributed by atoms with Crippen LogP contribution < -0.4 is 16.0 Å². The van der Waals surface area contributed by atoms with Gasteiger partial charge in [0, 0.05) is 18.7 Å². The Kier molecular flexibility index (Phi) is 6.00. The molecule has 10 heteroatoms. The standard InChI is InChI=1S/C21H20F2N4O4/c1-21(13-7-8-15(22)16(23)11-13)19(30)27(20(31)25-21)12-18(29)26(10-9-17(24)28)14-5-3-2-4-6-14/h2-8,11H,9-10,12H2,1H3,(H2,24,28)(H,25,31). The Bertz CT molecular complexity index is 1050. The van der Waals surface area contributed by atoms with Gasteiger partial charge >= 0.3 is 6.03 Å². The number of carbonyl (C=O) groups is 4. The van der Waals surface area contributed by atoms with Crippen LogP contribution in [0.4, 0.5) is 19.3 Å². The molecule has 1 saturated heterocycles. The van der Waals surface area contributed by atoms with E-state index in [-0.39, 0.29) is 18.5 Å². The molecule has 2 aromatic rings. The Morgan fingerprint density at radius 1 is 1.10 bits per heavy atom. The van der Waals surface area contributed by atoms with Crippen LogP contribution in [0.1, 0.15) is 18.9 Å². The number of urea groups is 1. The van der Waals surface area contributed by atoms with Crippen LogP contribution >= 0.6 is 0 Å². The minimum atomic E-state index is -1.67. The number of nitrogens with one attached hydrogen (secondary N) is 1. The van der Waals surface area contributed by atoms with Crippen molar-refractivity contribution < 1.29 is 28.0 Å². The van der Waals surface area contributed by atoms with E-state index < -0.39 is 47.5 Å². The first kappa shape index (κ1) is 21.9. The van der Waals surface area contributed by atoms with E-state index in [1.165, 1.54) is 17.9 Å². The molecule has 0 bridgehead atoms. The van der Waals surface area contributed by atoms with Gasteiger partial charge in [-0.2, -0.15) is 0 Å². The number of benzene rings is 2. The predicted molar refractivity (Wildman–Crippen MR) is 107 cm³/mol. The van der Waals surface area contributed by atoms with Gasteiger partial charge in [0.25, 0.3) is 5.91 Å². The maximum atomic E-state index is 13.7. The van der Waals surface area contributed by atoms with Gasteiger partial charge in [0.1, 0.15) is 12.1 Å². The summed E-state index contributed by atoms with van der Waals surface area (Å²) in [5, 5.41) is 2.43. The molecule has 162 valence electrons. The van der Waals surface area contributed by atoms with Crippen molar-refractivity contribution in [2.75, 3.05) is 18.0 Å². The summed E-state index contributed by atoms with van der Waals surface area (Å²) in [7, 11) is 0. The lowest BCUT2D eigenvalue weighted by Crippen LogP contribution is -2.45. The number of rotatable bonds is 7. The molecule has 1 unspecified atom stereocenters. The van der Waals surface area contributed by atoms with Gasteiger partial charge in [0.15, 0.2) is 11.6 Å². The topological polar surface area (TPSA) is 113 Å². The van der Waals surface area contributed by atoms with Crippen LogP contribution in [0.5, 0.6) is 0 Å². The van der Waals surface area contributed by atoms with Gasteiger partial charge < -0.3 is 16.0 Å². The lowest BCUT2D eigenvalue weighted by atomic mass is 9.92. The van der Waals surface area contributed by atoms with Crippen molar-refractivity contribution in [1.82, 2.24) is 10.2 Å². The van der Waals surface area contributed by atoms with Gasteiger partial charge in [-0.3, -0.25) is 19.3 Å². The maximum absolute atomic E-state index is 13.7. The summed E-state index contributed by atoms with van der Waals surface area (Å²) in [5.74, 6) is -4.29. The highest BCUT2D eigenvalue weighted by Crippen LogP contribution is 2.30. The zero-order valence-corrected chi connectivity index (χ0v) is 16.6. The number of amides is 5. The third kappa shape index (κ3) is 4.37. The smallest absolute Gasteiger partial charge is 0.325 e. The van der Waals surface area contributed by atoms with Crippen molar-refractivity contribution in [1.29, 1.82) is 0 Å². The predicted octanol–water partition coefficient (Wildman–Crippen LogP) is 1.64. The Morgan fingerprint density at radius 3 is 2.39 bits per heavy atom. The molecule has 8 nitrogen and oxygen atoms in total. The fourth-order valence-electron chi connectivity index (χ4n) is 3.29. The lowest BCUT2D eigenvalue weighted by Gasteiger charge is -2.25. The van der Waals surface area contributed by atoms with E-state index in [9.17, 15) is 28.0 Å². The molecule has 2 aromatic carbocycles. The van der Waals surface area contributed by atoms with Crippen molar-refractivity contribution in [3.8, 4) is 0 Å². The molecule has 0 radical (unpaired) electrons. The second-order valence-corrected chi connectivity index (χ2v) is 7.17. The number of anilines is 1. The summed E-state index contributed by atoms with van der Waals surface area (Å²) in [6.07, 6.45) is -0.118. The second-order valence-electron chi connectivity index (χ2n) is 7.17. The van der Waals surface area contributed by atoms with Crippen molar-refractivity contribution in [2.45, 2.75) is 18.9 Å². The van der Waals surface area contributed by atoms with Crippen LogP contribution in [0.15, 0.2) is 48.5 Å². The lowest BCUT2D eigenvalue weighted by molar-refractivity contribution is -0.134. The highest BCUT2D eigenvalue weighted by molar-refractivity contribution is 6.10. The van der Waals surface area contributed by atoms with Crippen molar-refractivity contribution in [3.05, 3.63) is 65.7 Å². The highest BCUT2D eigenvalue weighted by atomic mass is 19.2. The Hall–Kier alpha value is -3.82. The first-order chi connectivity index (χ1) is 14.6. The number of carbonyl (C=O) groups excluding carboxylic acids is 4. The van der Waals surface area contributed by atoms with Crippen LogP contribution in [-0.4, -0.2) is 41.7 Å². The zero-order chi connectivity index (χ0) is 22.8. The van der Waals surface area contributed by atoms with Gasteiger partial charge in [-0.15, -0.1) is 0 Å². The van der Waals surface area contributed by atoms with Crippen molar-refractivity contribution in [2.24, 2.45) is 5.73 Å². The van der Waals surface area contributed by atoms with E-state index in [2.05, 4.69) is 5.32 Å². The summed E-state index contributed by atoms with van der Waals surface area (Å²) < 4.78 is 26.9. The average Bonchev–Trinajstić information content (AvgIpc) is 2.94. The number of nitrogens with two attached hydrogens (primary N) is 1. The van der Waals surface area contributed by atoms with E-state index in [1.807, 2.05) is 0 Å². The van der Waals surface area contributed by atoms with Gasteiger partial charge in [0.2, 0.25) is 11.8 Å². The number of imide groups is 1. The molecule has 1 atom stereocenters. The molecule has 3 N–H and O–H groups in total. The molecule has 5 amide bonds. The fourth-order valence-corrected chi connectivity index (χ4v) is 3.29. The van der Waals surface area contributed by atoms with Crippen LogP contribution in [0, 0.1) is 11.6 Å². The quantitative estimate of drug-likeness (QED) is 0.650. The zero-order valence-electron chi connectivity index (χ0n) is 16.6. The average molecular weight is 430 g/mol. The summed E-state index contributed by atoms with van der Waals surface area (Å²) in [5.41, 5.74) is 4.01. The third-order valence-electron chi connectivity index (χ3n) is 5.02. The van der Waals surface area contributed by atoms with Gasteiger partial charge in [0.05, 0.1) is 0 Å². The third-order valence-corrected chi connectivity index (χ3v) is 5.02. The first-order valence-electron chi connectivity index (χ1n) is 9.37. The fraction of sp³-hybridized carbons (Fsp3) is 0.238. The molecule has 1 heterocycles. The molecule has 3 rings (SSSR count). The van der Waals surface area contributed by atoms with E-state index in [0.717, 1.165) is 12.1 Å². The van der Waals surface area contributed by atoms with E-state index in [4.69, 9.17) is 5.73 Å². The number of nitrogens with zero attached hydrogens (tertiary/aromatic N) is 2. The Morgan fingerprint density at radius 2 is 1.77 bits per heavy atom. The summed E-state index contributed by atoms with van der Waals surface area (Å²) in [4.78, 5) is 51.5. The molecular formula is C21H20F2N4O4. The van der Waals surface area contributed by atoms with Gasteiger partial charge in [-0.1, -0.05) is 24.3 Å². The van der Waals surface area contributed by atoms with E-state index in [1.54, 1.807) is 30.3 Å². The molecule has 1 aliphatic heterocycles. The van der Waals surface area contributed by atoms with Crippen molar-refractivity contribution >= 4 is 29.4 Å². The normalized spacial score (nSPS) is 18.1. The number of para-hydroxylation sites is 1. The first-order valence-corrected chi connectivity index (χ1v) is 9.37. The summed E-state index contributed by atoms with van der Waals surface area (Å²) >= 11 is 0. The maximum Gasteiger partial charge on any atom is 0.325 e.